The van der Waals surface area contributed by atoms with Crippen molar-refractivity contribution in [1.82, 2.24) is 9.78 Å². The lowest BCUT2D eigenvalue weighted by molar-refractivity contribution is 0.370. The van der Waals surface area contributed by atoms with E-state index in [-0.39, 0.29) is 17.4 Å². The zero-order valence-electron chi connectivity index (χ0n) is 11.4. The molecule has 0 saturated heterocycles. The molecule has 0 atom stereocenters. The highest BCUT2D eigenvalue weighted by molar-refractivity contribution is 7.09. The van der Waals surface area contributed by atoms with Crippen LogP contribution >= 0.6 is 34.5 Å². The summed E-state index contributed by atoms with van der Waals surface area (Å²) < 4.78 is 6.58. The molecule has 0 aliphatic carbocycles. The van der Waals surface area contributed by atoms with Crippen LogP contribution < -0.4 is 9.61 Å². The zero-order chi connectivity index (χ0) is 15.6. The summed E-state index contributed by atoms with van der Waals surface area (Å²) in [5.41, 5.74) is 0.418. The Morgan fingerprint density at radius 3 is 2.71 bits per heavy atom. The molecule has 0 unspecified atom stereocenters. The monoisotopic (exact) mass is 342 g/mol. The average molecular weight is 343 g/mol. The Kier molecular flexibility index (Phi) is 4.94. The number of halogens is 2. The molecule has 21 heavy (non-hydrogen) atoms. The lowest BCUT2D eigenvalue weighted by Gasteiger charge is -2.09. The molecule has 2 aromatic rings. The van der Waals surface area contributed by atoms with Gasteiger partial charge < -0.3 is 4.74 Å². The fraction of sp³-hybridized carbons (Fsp3) is 0.286. The van der Waals surface area contributed by atoms with Crippen LogP contribution in [0.3, 0.4) is 0 Å². The van der Waals surface area contributed by atoms with Gasteiger partial charge in [0.2, 0.25) is 0 Å². The number of aromatic nitrogens is 2. The van der Waals surface area contributed by atoms with Gasteiger partial charge in [-0.2, -0.15) is 9.78 Å². The third-order valence-electron chi connectivity index (χ3n) is 2.60. The summed E-state index contributed by atoms with van der Waals surface area (Å²) in [5.74, 6) is 2.87. The van der Waals surface area contributed by atoms with Crippen molar-refractivity contribution in [2.75, 3.05) is 6.61 Å². The molecule has 0 bridgehead atoms. The van der Waals surface area contributed by atoms with Gasteiger partial charge in [-0.1, -0.05) is 54.3 Å². The standard InChI is InChI=1S/C14H12Cl2N2O2S/c1-4-5-20-12-7-11(9(15)6-10(12)16)18-14(19)21-13(17-18)8(2)3/h1,6-8H,5H2,2-3H3. The summed E-state index contributed by atoms with van der Waals surface area (Å²) in [5, 5.41) is 5.67. The molecule has 2 rings (SSSR count). The second kappa shape index (κ2) is 6.52. The topological polar surface area (TPSA) is 44.1 Å². The summed E-state index contributed by atoms with van der Waals surface area (Å²) in [7, 11) is 0. The van der Waals surface area contributed by atoms with E-state index in [0.29, 0.717) is 21.5 Å². The van der Waals surface area contributed by atoms with Crippen LogP contribution in [-0.2, 0) is 0 Å². The molecule has 0 spiro atoms. The highest BCUT2D eigenvalue weighted by atomic mass is 35.5. The fourth-order valence-corrected chi connectivity index (χ4v) is 2.87. The molecular weight excluding hydrogens is 331 g/mol. The van der Waals surface area contributed by atoms with E-state index in [1.54, 1.807) is 6.07 Å². The van der Waals surface area contributed by atoms with Gasteiger partial charge in [-0.3, -0.25) is 4.79 Å². The largest absolute Gasteiger partial charge is 0.479 e. The van der Waals surface area contributed by atoms with Crippen molar-refractivity contribution in [2.24, 2.45) is 0 Å². The Morgan fingerprint density at radius 2 is 2.14 bits per heavy atom. The normalized spacial score (nSPS) is 10.7. The van der Waals surface area contributed by atoms with Crippen LogP contribution in [0.25, 0.3) is 5.69 Å². The number of terminal acetylenes is 1. The molecule has 1 aromatic heterocycles. The van der Waals surface area contributed by atoms with Gasteiger partial charge in [-0.25, -0.2) is 0 Å². The highest BCUT2D eigenvalue weighted by Gasteiger charge is 2.16. The SMILES string of the molecule is C#CCOc1cc(-n2nc(C(C)C)sc2=O)c(Cl)cc1Cl. The number of ether oxygens (including phenoxy) is 1. The van der Waals surface area contributed by atoms with Crippen LogP contribution in [0.1, 0.15) is 24.8 Å². The van der Waals surface area contributed by atoms with E-state index >= 15 is 0 Å². The second-order valence-electron chi connectivity index (χ2n) is 4.50. The molecule has 0 aliphatic rings. The van der Waals surface area contributed by atoms with Crippen molar-refractivity contribution in [3.63, 3.8) is 0 Å². The van der Waals surface area contributed by atoms with E-state index in [2.05, 4.69) is 11.0 Å². The Morgan fingerprint density at radius 1 is 1.43 bits per heavy atom. The van der Waals surface area contributed by atoms with Gasteiger partial charge >= 0.3 is 4.87 Å². The van der Waals surface area contributed by atoms with Gasteiger partial charge in [0.1, 0.15) is 17.4 Å². The minimum Gasteiger partial charge on any atom is -0.479 e. The van der Waals surface area contributed by atoms with Crippen molar-refractivity contribution < 1.29 is 4.74 Å². The van der Waals surface area contributed by atoms with Crippen molar-refractivity contribution in [2.45, 2.75) is 19.8 Å². The predicted octanol–water partition coefficient (Wildman–Crippen LogP) is 3.74. The van der Waals surface area contributed by atoms with Gasteiger partial charge in [-0.15, -0.1) is 6.42 Å². The first-order valence-electron chi connectivity index (χ1n) is 6.09. The first-order chi connectivity index (χ1) is 9.93. The van der Waals surface area contributed by atoms with Gasteiger partial charge in [0, 0.05) is 12.0 Å². The third kappa shape index (κ3) is 3.41. The number of hydrogen-bond acceptors (Lipinski definition) is 4. The average Bonchev–Trinajstić information content (AvgIpc) is 2.80. The van der Waals surface area contributed by atoms with E-state index in [4.69, 9.17) is 34.4 Å². The molecule has 1 aromatic carbocycles. The van der Waals surface area contributed by atoms with E-state index in [1.807, 2.05) is 13.8 Å². The molecule has 0 saturated carbocycles. The molecular formula is C14H12Cl2N2O2S. The lowest BCUT2D eigenvalue weighted by Crippen LogP contribution is -2.13. The number of rotatable bonds is 4. The molecule has 110 valence electrons. The van der Waals surface area contributed by atoms with E-state index < -0.39 is 0 Å². The first-order valence-corrected chi connectivity index (χ1v) is 7.67. The summed E-state index contributed by atoms with van der Waals surface area (Å²) in [6.45, 7) is 4.01. The molecule has 4 nitrogen and oxygen atoms in total. The van der Waals surface area contributed by atoms with E-state index in [9.17, 15) is 4.79 Å². The molecule has 1 heterocycles. The van der Waals surface area contributed by atoms with Crippen molar-refractivity contribution >= 4 is 34.5 Å². The molecule has 7 heteroatoms. The van der Waals surface area contributed by atoms with Gasteiger partial charge in [-0.05, 0) is 6.07 Å². The van der Waals surface area contributed by atoms with Crippen LogP contribution in [0.15, 0.2) is 16.9 Å². The van der Waals surface area contributed by atoms with Gasteiger partial charge in [0.05, 0.1) is 15.7 Å². The Bertz CT molecular complexity index is 759. The predicted molar refractivity (Wildman–Crippen MR) is 86.1 cm³/mol. The first kappa shape index (κ1) is 15.9. The Balaban J connectivity index is 2.53. The number of hydrogen-bond donors (Lipinski definition) is 0. The van der Waals surface area contributed by atoms with Crippen LogP contribution in [0.5, 0.6) is 5.75 Å². The molecule has 0 aliphatic heterocycles. The Hall–Kier alpha value is -1.48. The number of nitrogens with zero attached hydrogens (tertiary/aromatic N) is 2. The van der Waals surface area contributed by atoms with Crippen LogP contribution in [0, 0.1) is 12.3 Å². The van der Waals surface area contributed by atoms with Crippen molar-refractivity contribution in [3.8, 4) is 23.8 Å². The highest BCUT2D eigenvalue weighted by Crippen LogP contribution is 2.33. The maximum absolute atomic E-state index is 12.1. The summed E-state index contributed by atoms with van der Waals surface area (Å²) >= 11 is 13.3. The number of benzene rings is 1. The Labute approximate surface area is 136 Å². The molecule has 0 radical (unpaired) electrons. The van der Waals surface area contributed by atoms with Crippen LogP contribution in [-0.4, -0.2) is 16.4 Å². The minimum absolute atomic E-state index is 0.0734. The second-order valence-corrected chi connectivity index (χ2v) is 6.29. The van der Waals surface area contributed by atoms with Crippen LogP contribution in [0.4, 0.5) is 0 Å². The van der Waals surface area contributed by atoms with Crippen molar-refractivity contribution in [1.29, 1.82) is 0 Å². The maximum atomic E-state index is 12.1. The van der Waals surface area contributed by atoms with Gasteiger partial charge in [0.15, 0.2) is 0 Å². The lowest BCUT2D eigenvalue weighted by atomic mass is 10.2. The quantitative estimate of drug-likeness (QED) is 0.795. The molecule has 0 amide bonds. The molecule has 0 N–H and O–H groups in total. The van der Waals surface area contributed by atoms with E-state index in [0.717, 1.165) is 16.3 Å². The smallest absolute Gasteiger partial charge is 0.329 e. The van der Waals surface area contributed by atoms with Crippen molar-refractivity contribution in [3.05, 3.63) is 36.9 Å². The van der Waals surface area contributed by atoms with Gasteiger partial charge in [0.25, 0.3) is 0 Å². The summed E-state index contributed by atoms with van der Waals surface area (Å²) in [6.07, 6.45) is 5.16. The fourth-order valence-electron chi connectivity index (χ4n) is 1.59. The maximum Gasteiger partial charge on any atom is 0.329 e. The van der Waals surface area contributed by atoms with Crippen LogP contribution in [0.2, 0.25) is 10.0 Å². The van der Waals surface area contributed by atoms with E-state index in [1.165, 1.54) is 10.7 Å². The third-order valence-corrected chi connectivity index (χ3v) is 4.31. The minimum atomic E-state index is -0.217. The summed E-state index contributed by atoms with van der Waals surface area (Å²) in [6, 6.07) is 3.07. The zero-order valence-corrected chi connectivity index (χ0v) is 13.7. The molecule has 0 fully saturated rings. The summed E-state index contributed by atoms with van der Waals surface area (Å²) in [4.78, 5) is 11.8.